The largest absolute Gasteiger partial charge is 0.478 e. The number of alkyl halides is 2. The molecule has 1 aliphatic carbocycles. The molecule has 1 fully saturated rings. The van der Waals surface area contributed by atoms with Crippen LogP contribution in [0.1, 0.15) is 21.8 Å². The number of carbonyl (C=O) groups excluding carboxylic acids is 1. The van der Waals surface area contributed by atoms with E-state index in [1.165, 1.54) is 30.3 Å². The molecule has 0 aliphatic heterocycles. The fourth-order valence-corrected chi connectivity index (χ4v) is 4.49. The topological polar surface area (TPSA) is 66.4 Å². The number of hydrogen-bond acceptors (Lipinski definition) is 3. The summed E-state index contributed by atoms with van der Waals surface area (Å²) in [4.78, 5) is 23.0. The highest BCUT2D eigenvalue weighted by atomic mass is 35.5. The molecule has 0 heterocycles. The lowest BCUT2D eigenvalue weighted by Crippen LogP contribution is -2.23. The van der Waals surface area contributed by atoms with Crippen molar-refractivity contribution in [1.29, 1.82) is 0 Å². The van der Waals surface area contributed by atoms with Gasteiger partial charge >= 0.3 is 5.97 Å². The van der Waals surface area contributed by atoms with Crippen molar-refractivity contribution in [3.8, 4) is 0 Å². The minimum absolute atomic E-state index is 0.0316. The fourth-order valence-electron chi connectivity index (χ4n) is 3.13. The van der Waals surface area contributed by atoms with Crippen LogP contribution in [0.15, 0.2) is 36.4 Å². The molecule has 142 valence electrons. The number of rotatable bonds is 6. The number of nitrogens with one attached hydrogen (secondary N) is 1. The van der Waals surface area contributed by atoms with Crippen molar-refractivity contribution in [3.05, 3.63) is 63.4 Å². The van der Waals surface area contributed by atoms with E-state index < -0.39 is 27.5 Å². The number of carboxylic acids is 1. The average molecular weight is 451 g/mol. The Kier molecular flexibility index (Phi) is 5.34. The third-order valence-electron chi connectivity index (χ3n) is 4.68. The van der Waals surface area contributed by atoms with Crippen molar-refractivity contribution in [1.82, 2.24) is 0 Å². The Balaban J connectivity index is 1.86. The number of hydrogen-bond donors (Lipinski definition) is 2. The Labute approximate surface area is 174 Å². The normalized spacial score (nSPS) is 22.9. The third kappa shape index (κ3) is 3.38. The first-order valence-corrected chi connectivity index (χ1v) is 9.21. The predicted molar refractivity (Wildman–Crippen MR) is 104 cm³/mol. The van der Waals surface area contributed by atoms with Crippen LogP contribution in [-0.2, 0) is 4.79 Å². The van der Waals surface area contributed by atoms with Crippen LogP contribution in [0.25, 0.3) is 0 Å². The van der Waals surface area contributed by atoms with E-state index in [9.17, 15) is 14.0 Å². The van der Waals surface area contributed by atoms with Crippen molar-refractivity contribution in [2.75, 3.05) is 11.9 Å². The van der Waals surface area contributed by atoms with E-state index >= 15 is 0 Å². The van der Waals surface area contributed by atoms with E-state index in [-0.39, 0.29) is 22.2 Å². The number of benzene rings is 2. The van der Waals surface area contributed by atoms with E-state index in [1.807, 2.05) is 0 Å². The second-order valence-corrected chi connectivity index (χ2v) is 8.44. The molecule has 27 heavy (non-hydrogen) atoms. The Hall–Kier alpha value is -1.53. The molecule has 0 saturated heterocycles. The highest BCUT2D eigenvalue weighted by Crippen LogP contribution is 2.73. The van der Waals surface area contributed by atoms with Gasteiger partial charge in [0.25, 0.3) is 0 Å². The summed E-state index contributed by atoms with van der Waals surface area (Å²) < 4.78 is 12.0. The van der Waals surface area contributed by atoms with E-state index in [2.05, 4.69) is 5.32 Å². The zero-order valence-electron chi connectivity index (χ0n) is 13.5. The quantitative estimate of drug-likeness (QED) is 0.456. The van der Waals surface area contributed by atoms with Gasteiger partial charge < -0.3 is 15.2 Å². The summed E-state index contributed by atoms with van der Waals surface area (Å²) in [6.07, 6.45) is 0.649. The molecule has 0 spiro atoms. The van der Waals surface area contributed by atoms with Crippen LogP contribution in [-0.4, -0.2) is 28.2 Å². The number of aldehydes is 1. The average Bonchev–Trinajstić information content (AvgIpc) is 3.11. The molecule has 9 heteroatoms. The van der Waals surface area contributed by atoms with Crippen LogP contribution in [0.5, 0.6) is 0 Å². The number of carboxylic acid groups (broad SMARTS) is 1. The Morgan fingerprint density at radius 2 is 1.89 bits per heavy atom. The minimum Gasteiger partial charge on any atom is -0.478 e. The Morgan fingerprint density at radius 1 is 1.19 bits per heavy atom. The summed E-state index contributed by atoms with van der Waals surface area (Å²) in [5, 5.41) is 12.1. The SMILES string of the molecule is O=CC1(CNc2ccc(Cl)c(C(=O)O)c2)C(c2ccc(F)c(Cl)c2)C1(Cl)Cl. The fraction of sp³-hybridized carbons (Fsp3) is 0.222. The van der Waals surface area contributed by atoms with Crippen LogP contribution in [0.3, 0.4) is 0 Å². The molecule has 0 aromatic heterocycles. The molecule has 2 unspecified atom stereocenters. The van der Waals surface area contributed by atoms with Crippen molar-refractivity contribution in [2.45, 2.75) is 10.3 Å². The maximum Gasteiger partial charge on any atom is 0.337 e. The van der Waals surface area contributed by atoms with E-state index in [0.29, 0.717) is 17.5 Å². The molecule has 4 nitrogen and oxygen atoms in total. The summed E-state index contributed by atoms with van der Waals surface area (Å²) in [7, 11) is 0. The minimum atomic E-state index is -1.43. The first-order valence-electron chi connectivity index (χ1n) is 7.70. The van der Waals surface area contributed by atoms with Crippen LogP contribution in [0.2, 0.25) is 10.0 Å². The van der Waals surface area contributed by atoms with Gasteiger partial charge in [0.1, 0.15) is 16.4 Å². The number of aromatic carboxylic acids is 1. The second kappa shape index (κ2) is 7.13. The molecule has 0 bridgehead atoms. The summed E-state index contributed by atoms with van der Waals surface area (Å²) in [5.74, 6) is -2.38. The summed E-state index contributed by atoms with van der Waals surface area (Å²) >= 11 is 24.4. The van der Waals surface area contributed by atoms with Gasteiger partial charge in [0.05, 0.1) is 21.0 Å². The van der Waals surface area contributed by atoms with Gasteiger partial charge in [0.2, 0.25) is 0 Å². The first-order chi connectivity index (χ1) is 12.6. The van der Waals surface area contributed by atoms with Crippen LogP contribution in [0.4, 0.5) is 10.1 Å². The van der Waals surface area contributed by atoms with Gasteiger partial charge in [-0.15, -0.1) is 0 Å². The molecule has 0 radical (unpaired) electrons. The van der Waals surface area contributed by atoms with Crippen molar-refractivity contribution >= 4 is 64.3 Å². The molecule has 2 N–H and O–H groups in total. The highest BCUT2D eigenvalue weighted by molar-refractivity contribution is 6.54. The van der Waals surface area contributed by atoms with E-state index in [0.717, 1.165) is 0 Å². The molecular weight excluding hydrogens is 439 g/mol. The van der Waals surface area contributed by atoms with Gasteiger partial charge in [0, 0.05) is 18.2 Å². The first kappa shape index (κ1) is 20.2. The van der Waals surface area contributed by atoms with Gasteiger partial charge in [-0.05, 0) is 35.9 Å². The van der Waals surface area contributed by atoms with Crippen LogP contribution < -0.4 is 5.32 Å². The molecule has 1 aliphatic rings. The molecular formula is C18H12Cl4FNO3. The summed E-state index contributed by atoms with van der Waals surface area (Å²) in [5.41, 5.74) is -0.310. The van der Waals surface area contributed by atoms with Gasteiger partial charge in [-0.2, -0.15) is 0 Å². The van der Waals surface area contributed by atoms with Crippen molar-refractivity contribution in [3.63, 3.8) is 0 Å². The molecule has 3 rings (SSSR count). The Morgan fingerprint density at radius 3 is 2.48 bits per heavy atom. The maximum atomic E-state index is 13.4. The standard InChI is InChI=1S/C18H12Cl4FNO3/c19-12-3-2-10(6-11(12)16(26)27)24-7-17(8-25)15(18(17,21)22)9-1-4-14(23)13(20)5-9/h1-6,8,15,24H,7H2,(H,26,27). The predicted octanol–water partition coefficient (Wildman–Crippen LogP) is 5.40. The zero-order valence-corrected chi connectivity index (χ0v) is 16.5. The number of halogens is 5. The molecule has 0 amide bonds. The lowest BCUT2D eigenvalue weighted by molar-refractivity contribution is -0.112. The summed E-state index contributed by atoms with van der Waals surface area (Å²) in [6, 6.07) is 8.39. The summed E-state index contributed by atoms with van der Waals surface area (Å²) in [6.45, 7) is 0.0316. The van der Waals surface area contributed by atoms with Crippen molar-refractivity contribution in [2.24, 2.45) is 5.41 Å². The molecule has 2 aromatic rings. The second-order valence-electron chi connectivity index (χ2n) is 6.24. The number of anilines is 1. The highest BCUT2D eigenvalue weighted by Gasteiger charge is 2.76. The lowest BCUT2D eigenvalue weighted by atomic mass is 10.00. The molecule has 2 atom stereocenters. The smallest absolute Gasteiger partial charge is 0.337 e. The zero-order chi connectivity index (χ0) is 20.0. The van der Waals surface area contributed by atoms with Crippen LogP contribution >= 0.6 is 46.4 Å². The van der Waals surface area contributed by atoms with Crippen molar-refractivity contribution < 1.29 is 19.1 Å². The van der Waals surface area contributed by atoms with Gasteiger partial charge in [-0.3, -0.25) is 0 Å². The van der Waals surface area contributed by atoms with Gasteiger partial charge in [-0.25, -0.2) is 9.18 Å². The van der Waals surface area contributed by atoms with Gasteiger partial charge in [0.15, 0.2) is 0 Å². The molecule has 1 saturated carbocycles. The molecule has 2 aromatic carbocycles. The van der Waals surface area contributed by atoms with Crippen LogP contribution in [0, 0.1) is 11.2 Å². The number of carbonyl (C=O) groups is 2. The van der Waals surface area contributed by atoms with Gasteiger partial charge in [-0.1, -0.05) is 52.5 Å². The van der Waals surface area contributed by atoms with E-state index in [1.54, 1.807) is 6.07 Å². The lowest BCUT2D eigenvalue weighted by Gasteiger charge is -2.14. The van der Waals surface area contributed by atoms with E-state index in [4.69, 9.17) is 51.5 Å². The maximum absolute atomic E-state index is 13.4. The third-order valence-corrected chi connectivity index (χ3v) is 6.44. The monoisotopic (exact) mass is 449 g/mol. The Bertz CT molecular complexity index is 937.